The zero-order valence-electron chi connectivity index (χ0n) is 24.4. The molecule has 2 unspecified atom stereocenters. The van der Waals surface area contributed by atoms with Gasteiger partial charge in [-0.15, -0.1) is 0 Å². The molecule has 0 aromatic heterocycles. The van der Waals surface area contributed by atoms with Crippen LogP contribution in [-0.4, -0.2) is 58.7 Å². The maximum atomic E-state index is 14.0. The normalized spacial score (nSPS) is 12.3. The van der Waals surface area contributed by atoms with Crippen molar-refractivity contribution in [3.05, 3.63) is 64.7 Å². The summed E-state index contributed by atoms with van der Waals surface area (Å²) in [6.07, 6.45) is 4.94. The summed E-state index contributed by atoms with van der Waals surface area (Å²) in [6, 6.07) is 11.3. The average molecular weight is 566 g/mol. The molecule has 0 aliphatic heterocycles. The van der Waals surface area contributed by atoms with E-state index >= 15 is 0 Å². The van der Waals surface area contributed by atoms with E-state index in [0.717, 1.165) is 16.0 Å². The summed E-state index contributed by atoms with van der Waals surface area (Å²) in [7, 11) is 0. The van der Waals surface area contributed by atoms with E-state index in [1.165, 1.54) is 12.1 Å². The Bertz CT molecular complexity index is 1280. The second-order valence-corrected chi connectivity index (χ2v) is 10.5. The molecule has 2 aromatic carbocycles. The van der Waals surface area contributed by atoms with Gasteiger partial charge >= 0.3 is 12.1 Å². The van der Waals surface area contributed by atoms with Gasteiger partial charge in [0.25, 0.3) is 5.91 Å². The molecule has 2 rings (SSSR count). The Morgan fingerprint density at radius 3 is 2.27 bits per heavy atom. The number of amides is 3. The summed E-state index contributed by atoms with van der Waals surface area (Å²) in [5, 5.41) is 14.9. The maximum absolute atomic E-state index is 14.0. The fourth-order valence-electron chi connectivity index (χ4n) is 3.92. The van der Waals surface area contributed by atoms with Crippen molar-refractivity contribution in [1.82, 2.24) is 15.5 Å². The highest BCUT2D eigenvalue weighted by Crippen LogP contribution is 2.25. The number of rotatable bonds is 11. The van der Waals surface area contributed by atoms with E-state index in [9.17, 15) is 24.3 Å². The van der Waals surface area contributed by atoms with E-state index in [4.69, 9.17) is 15.9 Å². The number of carbonyl (C=O) groups is 4. The molecule has 0 saturated carbocycles. The molecule has 41 heavy (non-hydrogen) atoms. The van der Waals surface area contributed by atoms with Crippen LogP contribution in [-0.2, 0) is 30.3 Å². The number of ether oxygens (including phenoxy) is 2. The third-order valence-electron chi connectivity index (χ3n) is 6.03. The van der Waals surface area contributed by atoms with E-state index in [0.29, 0.717) is 11.1 Å². The third-order valence-corrected chi connectivity index (χ3v) is 6.03. The van der Waals surface area contributed by atoms with Gasteiger partial charge in [-0.1, -0.05) is 36.8 Å². The van der Waals surface area contributed by atoms with Gasteiger partial charge in [-0.05, 0) is 75.9 Å². The van der Waals surface area contributed by atoms with Crippen molar-refractivity contribution in [3.8, 4) is 18.2 Å². The number of terminal acetylenes is 1. The van der Waals surface area contributed by atoms with Crippen LogP contribution >= 0.6 is 0 Å². The zero-order chi connectivity index (χ0) is 30.7. The van der Waals surface area contributed by atoms with Crippen molar-refractivity contribution >= 4 is 23.9 Å². The van der Waals surface area contributed by atoms with Crippen LogP contribution in [0.5, 0.6) is 5.75 Å². The Kier molecular flexibility index (Phi) is 11.8. The number of aryl methyl sites for hydroxylation is 2. The van der Waals surface area contributed by atoms with E-state index in [1.807, 2.05) is 19.9 Å². The van der Waals surface area contributed by atoms with Crippen molar-refractivity contribution in [3.63, 3.8) is 0 Å². The van der Waals surface area contributed by atoms with Crippen LogP contribution < -0.4 is 10.6 Å². The Labute approximate surface area is 241 Å². The molecule has 220 valence electrons. The van der Waals surface area contributed by atoms with E-state index < -0.39 is 41.6 Å². The minimum absolute atomic E-state index is 0.000654. The molecule has 0 spiro atoms. The number of esters is 1. The third kappa shape index (κ3) is 10.2. The topological polar surface area (TPSA) is 134 Å². The largest absolute Gasteiger partial charge is 0.508 e. The predicted octanol–water partition coefficient (Wildman–Crippen LogP) is 3.67. The summed E-state index contributed by atoms with van der Waals surface area (Å²) in [4.78, 5) is 53.0. The standard InChI is InChI=1S/C31H39N3O7/c1-8-34(27(23-13-10-20(3)21(4)18-23)28(37)32-17-16-26(36)40-9-2)29(38)25(33-30(39)41-31(5,6)7)19-22-11-14-24(35)15-12-22/h1,10-15,18,25,27,35H,9,16-17,19H2,2-7H3,(H,32,37)(H,33,39). The van der Waals surface area contributed by atoms with Gasteiger partial charge in [0.05, 0.1) is 13.0 Å². The number of aromatic hydroxyl groups is 1. The first kappa shape index (κ1) is 32.7. The van der Waals surface area contributed by atoms with E-state index in [-0.39, 0.29) is 31.7 Å². The van der Waals surface area contributed by atoms with Crippen molar-refractivity contribution in [2.75, 3.05) is 13.2 Å². The fraction of sp³-hybridized carbons (Fsp3) is 0.419. The summed E-state index contributed by atoms with van der Waals surface area (Å²) in [5.41, 5.74) is 2.10. The SMILES string of the molecule is C#CN(C(=O)C(Cc1ccc(O)cc1)NC(=O)OC(C)(C)C)C(C(=O)NCCC(=O)OCC)c1ccc(C)c(C)c1. The maximum Gasteiger partial charge on any atom is 0.408 e. The number of nitrogens with one attached hydrogen (secondary N) is 2. The molecule has 0 fully saturated rings. The van der Waals surface area contributed by atoms with Crippen molar-refractivity contribution in [2.24, 2.45) is 0 Å². The first-order chi connectivity index (χ1) is 19.2. The summed E-state index contributed by atoms with van der Waals surface area (Å²) in [6.45, 7) is 10.7. The van der Waals surface area contributed by atoms with Gasteiger partial charge in [0.15, 0.2) is 0 Å². The number of hydrogen-bond donors (Lipinski definition) is 3. The average Bonchev–Trinajstić information content (AvgIpc) is 2.88. The van der Waals surface area contributed by atoms with Crippen LogP contribution in [0.3, 0.4) is 0 Å². The molecule has 0 aliphatic rings. The molecule has 0 heterocycles. The van der Waals surface area contributed by atoms with E-state index in [1.54, 1.807) is 52.0 Å². The summed E-state index contributed by atoms with van der Waals surface area (Å²) >= 11 is 0. The minimum atomic E-state index is -1.27. The molecular weight excluding hydrogens is 526 g/mol. The molecule has 2 aromatic rings. The highest BCUT2D eigenvalue weighted by atomic mass is 16.6. The molecule has 0 radical (unpaired) electrons. The molecule has 0 aliphatic carbocycles. The van der Waals surface area contributed by atoms with Gasteiger partial charge in [-0.3, -0.25) is 19.3 Å². The molecule has 2 atom stereocenters. The highest BCUT2D eigenvalue weighted by Gasteiger charge is 2.36. The molecule has 3 amide bonds. The second kappa shape index (κ2) is 14.7. The Balaban J connectivity index is 2.46. The number of benzene rings is 2. The van der Waals surface area contributed by atoms with Crippen LogP contribution in [0.25, 0.3) is 0 Å². The lowest BCUT2D eigenvalue weighted by Gasteiger charge is -2.30. The quantitative estimate of drug-likeness (QED) is 0.215. The summed E-state index contributed by atoms with van der Waals surface area (Å²) in [5.74, 6) is -1.77. The fourth-order valence-corrected chi connectivity index (χ4v) is 3.92. The Morgan fingerprint density at radius 1 is 1.05 bits per heavy atom. The Morgan fingerprint density at radius 2 is 1.71 bits per heavy atom. The van der Waals surface area contributed by atoms with Gasteiger partial charge < -0.3 is 25.2 Å². The highest BCUT2D eigenvalue weighted by molar-refractivity contribution is 5.93. The lowest BCUT2D eigenvalue weighted by atomic mass is 9.98. The number of phenolic OH excluding ortho intramolecular Hbond substituents is 1. The van der Waals surface area contributed by atoms with Gasteiger partial charge in [0, 0.05) is 19.0 Å². The van der Waals surface area contributed by atoms with Gasteiger partial charge in [-0.2, -0.15) is 0 Å². The number of phenols is 1. The second-order valence-electron chi connectivity index (χ2n) is 10.5. The van der Waals surface area contributed by atoms with Gasteiger partial charge in [-0.25, -0.2) is 4.79 Å². The smallest absolute Gasteiger partial charge is 0.408 e. The monoisotopic (exact) mass is 565 g/mol. The van der Waals surface area contributed by atoms with Gasteiger partial charge in [0.2, 0.25) is 5.91 Å². The predicted molar refractivity (Wildman–Crippen MR) is 154 cm³/mol. The number of nitrogens with zero attached hydrogens (tertiary/aromatic N) is 1. The molecule has 3 N–H and O–H groups in total. The number of alkyl carbamates (subject to hydrolysis) is 1. The van der Waals surface area contributed by atoms with Crippen molar-refractivity contribution < 1.29 is 33.8 Å². The van der Waals surface area contributed by atoms with Crippen LogP contribution in [0.4, 0.5) is 4.79 Å². The van der Waals surface area contributed by atoms with Crippen LogP contribution in [0.1, 0.15) is 62.4 Å². The molecule has 0 saturated heterocycles. The molecular formula is C31H39N3O7. The molecule has 0 bridgehead atoms. The first-order valence-electron chi connectivity index (χ1n) is 13.3. The van der Waals surface area contributed by atoms with E-state index in [2.05, 4.69) is 16.7 Å². The van der Waals surface area contributed by atoms with Gasteiger partial charge in [0.1, 0.15) is 23.4 Å². The first-order valence-corrected chi connectivity index (χ1v) is 13.3. The molecule has 10 nitrogen and oxygen atoms in total. The van der Waals surface area contributed by atoms with Crippen LogP contribution in [0.2, 0.25) is 0 Å². The lowest BCUT2D eigenvalue weighted by Crippen LogP contribution is -2.52. The summed E-state index contributed by atoms with van der Waals surface area (Å²) < 4.78 is 10.3. The zero-order valence-corrected chi connectivity index (χ0v) is 24.4. The van der Waals surface area contributed by atoms with Crippen LogP contribution in [0.15, 0.2) is 42.5 Å². The lowest BCUT2D eigenvalue weighted by molar-refractivity contribution is -0.143. The minimum Gasteiger partial charge on any atom is -0.508 e. The number of hydrogen-bond acceptors (Lipinski definition) is 7. The number of carbonyl (C=O) groups excluding carboxylic acids is 4. The Hall–Kier alpha value is -4.52. The van der Waals surface area contributed by atoms with Crippen LogP contribution in [0, 0.1) is 26.3 Å². The van der Waals surface area contributed by atoms with Crippen molar-refractivity contribution in [1.29, 1.82) is 0 Å². The molecule has 10 heteroatoms. The van der Waals surface area contributed by atoms with Crippen molar-refractivity contribution in [2.45, 2.75) is 72.1 Å².